The van der Waals surface area contributed by atoms with Gasteiger partial charge in [-0.1, -0.05) is 12.8 Å². The van der Waals surface area contributed by atoms with Gasteiger partial charge in [-0.3, -0.25) is 9.59 Å². The van der Waals surface area contributed by atoms with Crippen LogP contribution in [0.5, 0.6) is 0 Å². The lowest BCUT2D eigenvalue weighted by Crippen LogP contribution is -2.25. The van der Waals surface area contributed by atoms with Gasteiger partial charge >= 0.3 is 5.97 Å². The van der Waals surface area contributed by atoms with Crippen LogP contribution in [0.4, 0.5) is 0 Å². The van der Waals surface area contributed by atoms with E-state index < -0.39 is 0 Å². The van der Waals surface area contributed by atoms with Crippen LogP contribution in [-0.2, 0) is 14.3 Å². The molecule has 1 fully saturated rings. The third-order valence-corrected chi connectivity index (χ3v) is 2.78. The second kappa shape index (κ2) is 7.25. The Morgan fingerprint density at radius 3 is 2.50 bits per heavy atom. The summed E-state index contributed by atoms with van der Waals surface area (Å²) in [6.45, 7) is 0.771. The van der Waals surface area contributed by atoms with Crippen LogP contribution in [0.1, 0.15) is 44.9 Å². The second-order valence-electron chi connectivity index (χ2n) is 4.31. The third-order valence-electron chi connectivity index (χ3n) is 2.78. The number of hydrogen-bond donors (Lipinski definition) is 1. The van der Waals surface area contributed by atoms with Crippen molar-refractivity contribution in [3.05, 3.63) is 0 Å². The van der Waals surface area contributed by atoms with E-state index in [0.29, 0.717) is 12.3 Å². The largest absolute Gasteiger partial charge is 0.469 e. The van der Waals surface area contributed by atoms with Crippen molar-refractivity contribution in [2.45, 2.75) is 44.9 Å². The molecule has 4 heteroatoms. The fourth-order valence-electron chi connectivity index (χ4n) is 1.55. The van der Waals surface area contributed by atoms with Gasteiger partial charge in [0.05, 0.1) is 7.11 Å². The van der Waals surface area contributed by atoms with Crippen molar-refractivity contribution in [2.24, 2.45) is 5.92 Å². The Balaban J connectivity index is 1.80. The first-order valence-corrected chi connectivity index (χ1v) is 6.08. The lowest BCUT2D eigenvalue weighted by molar-refractivity contribution is -0.140. The van der Waals surface area contributed by atoms with E-state index in [0.717, 1.165) is 45.1 Å². The summed E-state index contributed by atoms with van der Waals surface area (Å²) in [5, 5.41) is 2.92. The highest BCUT2D eigenvalue weighted by Gasteiger charge is 2.28. The van der Waals surface area contributed by atoms with Crippen LogP contribution in [0.15, 0.2) is 0 Å². The first kappa shape index (κ1) is 13.0. The maximum Gasteiger partial charge on any atom is 0.305 e. The van der Waals surface area contributed by atoms with E-state index in [2.05, 4.69) is 10.1 Å². The molecule has 0 unspecified atom stereocenters. The molecule has 92 valence electrons. The molecule has 1 aliphatic carbocycles. The molecule has 0 spiro atoms. The quantitative estimate of drug-likeness (QED) is 0.506. The van der Waals surface area contributed by atoms with E-state index in [9.17, 15) is 9.59 Å². The smallest absolute Gasteiger partial charge is 0.305 e. The highest BCUT2D eigenvalue weighted by atomic mass is 16.5. The molecule has 1 amide bonds. The molecule has 1 aliphatic rings. The Hall–Kier alpha value is -1.06. The van der Waals surface area contributed by atoms with Crippen LogP contribution in [0.25, 0.3) is 0 Å². The van der Waals surface area contributed by atoms with E-state index in [1.54, 1.807) is 0 Å². The van der Waals surface area contributed by atoms with E-state index in [1.807, 2.05) is 0 Å². The average Bonchev–Trinajstić information content (AvgIpc) is 3.10. The van der Waals surface area contributed by atoms with Crippen molar-refractivity contribution in [2.75, 3.05) is 13.7 Å². The summed E-state index contributed by atoms with van der Waals surface area (Å²) in [6.07, 6.45) is 6.58. The van der Waals surface area contributed by atoms with E-state index in [4.69, 9.17) is 0 Å². The van der Waals surface area contributed by atoms with Crippen LogP contribution in [0, 0.1) is 5.92 Å². The summed E-state index contributed by atoms with van der Waals surface area (Å²) in [6, 6.07) is 0. The fraction of sp³-hybridized carbons (Fsp3) is 0.833. The van der Waals surface area contributed by atoms with Gasteiger partial charge in [0.25, 0.3) is 0 Å². The van der Waals surface area contributed by atoms with Gasteiger partial charge in [0.1, 0.15) is 0 Å². The summed E-state index contributed by atoms with van der Waals surface area (Å²) >= 11 is 0. The van der Waals surface area contributed by atoms with Crippen molar-refractivity contribution >= 4 is 11.9 Å². The van der Waals surface area contributed by atoms with Crippen molar-refractivity contribution in [3.8, 4) is 0 Å². The SMILES string of the molecule is COC(=O)CCCCCCNC(=O)C1CC1. The topological polar surface area (TPSA) is 55.4 Å². The molecule has 0 aromatic carbocycles. The molecule has 1 saturated carbocycles. The second-order valence-corrected chi connectivity index (χ2v) is 4.31. The minimum absolute atomic E-state index is 0.137. The summed E-state index contributed by atoms with van der Waals surface area (Å²) < 4.78 is 4.55. The number of amides is 1. The number of carbonyl (C=O) groups is 2. The molecule has 0 aromatic heterocycles. The summed E-state index contributed by atoms with van der Waals surface area (Å²) in [5.41, 5.74) is 0. The molecule has 4 nitrogen and oxygen atoms in total. The number of rotatable bonds is 8. The van der Waals surface area contributed by atoms with E-state index in [-0.39, 0.29) is 11.9 Å². The van der Waals surface area contributed by atoms with Gasteiger partial charge < -0.3 is 10.1 Å². The molecular formula is C12H21NO3. The molecule has 1 N–H and O–H groups in total. The number of nitrogens with one attached hydrogen (secondary N) is 1. The Morgan fingerprint density at radius 1 is 1.19 bits per heavy atom. The van der Waals surface area contributed by atoms with Gasteiger partial charge in [0.2, 0.25) is 5.91 Å². The maximum absolute atomic E-state index is 11.3. The Labute approximate surface area is 96.7 Å². The van der Waals surface area contributed by atoms with Gasteiger partial charge in [-0.25, -0.2) is 0 Å². The highest BCUT2D eigenvalue weighted by Crippen LogP contribution is 2.28. The van der Waals surface area contributed by atoms with Gasteiger partial charge in [-0.15, -0.1) is 0 Å². The summed E-state index contributed by atoms with van der Waals surface area (Å²) in [7, 11) is 1.41. The third kappa shape index (κ3) is 5.73. The molecule has 0 aliphatic heterocycles. The minimum Gasteiger partial charge on any atom is -0.469 e. The first-order chi connectivity index (χ1) is 7.74. The molecule has 0 atom stereocenters. The molecule has 0 heterocycles. The lowest BCUT2D eigenvalue weighted by atomic mass is 10.1. The lowest BCUT2D eigenvalue weighted by Gasteiger charge is -2.03. The van der Waals surface area contributed by atoms with Crippen LogP contribution in [0.2, 0.25) is 0 Å². The van der Waals surface area contributed by atoms with Crippen molar-refractivity contribution in [1.82, 2.24) is 5.32 Å². The zero-order valence-electron chi connectivity index (χ0n) is 9.96. The molecule has 0 radical (unpaired) electrons. The average molecular weight is 227 g/mol. The highest BCUT2D eigenvalue weighted by molar-refractivity contribution is 5.80. The van der Waals surface area contributed by atoms with Crippen LogP contribution < -0.4 is 5.32 Å². The summed E-state index contributed by atoms with van der Waals surface area (Å²) in [5.74, 6) is 0.385. The number of methoxy groups -OCH3 is 1. The zero-order valence-corrected chi connectivity index (χ0v) is 9.96. The molecular weight excluding hydrogens is 206 g/mol. The van der Waals surface area contributed by atoms with Gasteiger partial charge in [-0.05, 0) is 25.7 Å². The van der Waals surface area contributed by atoms with Crippen LogP contribution in [0.3, 0.4) is 0 Å². The Kier molecular flexibility index (Phi) is 5.90. The van der Waals surface area contributed by atoms with Crippen LogP contribution in [-0.4, -0.2) is 25.5 Å². The zero-order chi connectivity index (χ0) is 11.8. The molecule has 0 aromatic rings. The number of carbonyl (C=O) groups excluding carboxylic acids is 2. The Morgan fingerprint density at radius 2 is 1.88 bits per heavy atom. The molecule has 16 heavy (non-hydrogen) atoms. The van der Waals surface area contributed by atoms with Crippen LogP contribution >= 0.6 is 0 Å². The molecule has 0 saturated heterocycles. The van der Waals surface area contributed by atoms with Crippen molar-refractivity contribution in [3.63, 3.8) is 0 Å². The number of ether oxygens (including phenoxy) is 1. The molecule has 0 bridgehead atoms. The molecule has 1 rings (SSSR count). The first-order valence-electron chi connectivity index (χ1n) is 6.08. The van der Waals surface area contributed by atoms with Gasteiger partial charge in [-0.2, -0.15) is 0 Å². The van der Waals surface area contributed by atoms with Crippen molar-refractivity contribution in [1.29, 1.82) is 0 Å². The van der Waals surface area contributed by atoms with Crippen molar-refractivity contribution < 1.29 is 14.3 Å². The normalized spacial score (nSPS) is 14.6. The monoisotopic (exact) mass is 227 g/mol. The number of hydrogen-bond acceptors (Lipinski definition) is 3. The fourth-order valence-corrected chi connectivity index (χ4v) is 1.55. The number of esters is 1. The predicted octanol–water partition coefficient (Wildman–Crippen LogP) is 1.64. The van der Waals surface area contributed by atoms with Gasteiger partial charge in [0, 0.05) is 18.9 Å². The predicted molar refractivity (Wildman–Crippen MR) is 60.8 cm³/mol. The maximum atomic E-state index is 11.3. The van der Waals surface area contributed by atoms with E-state index in [1.165, 1.54) is 7.11 Å². The summed E-state index contributed by atoms with van der Waals surface area (Å²) in [4.78, 5) is 22.0. The minimum atomic E-state index is -0.137. The standard InChI is InChI=1S/C12H21NO3/c1-16-11(14)6-4-2-3-5-9-13-12(15)10-7-8-10/h10H,2-9H2,1H3,(H,13,15). The Bertz CT molecular complexity index is 236. The van der Waals surface area contributed by atoms with E-state index >= 15 is 0 Å². The van der Waals surface area contributed by atoms with Gasteiger partial charge in [0.15, 0.2) is 0 Å². The number of unbranched alkanes of at least 4 members (excludes halogenated alkanes) is 3.